The average Bonchev–Trinajstić information content (AvgIpc) is 2.82. The second-order valence-electron chi connectivity index (χ2n) is 3.93. The van der Waals surface area contributed by atoms with Crippen molar-refractivity contribution in [2.24, 2.45) is 0 Å². The van der Waals surface area contributed by atoms with Crippen molar-refractivity contribution < 1.29 is 0 Å². The highest BCUT2D eigenvalue weighted by atomic mass is 32.1. The van der Waals surface area contributed by atoms with E-state index in [1.807, 2.05) is 13.1 Å². The van der Waals surface area contributed by atoms with E-state index in [2.05, 4.69) is 47.7 Å². The summed E-state index contributed by atoms with van der Waals surface area (Å²) in [7, 11) is 1.88. The van der Waals surface area contributed by atoms with Crippen molar-refractivity contribution in [1.29, 1.82) is 0 Å². The number of thiazole rings is 1. The number of allylic oxidation sites excluding steroid dienone is 2. The Morgan fingerprint density at radius 2 is 2.11 bits per heavy atom. The van der Waals surface area contributed by atoms with Crippen LogP contribution >= 0.6 is 11.3 Å². The summed E-state index contributed by atoms with van der Waals surface area (Å²) in [5.41, 5.74) is 3.10. The zero-order valence-corrected chi connectivity index (χ0v) is 11.3. The van der Waals surface area contributed by atoms with Crippen LogP contribution in [-0.2, 0) is 6.42 Å². The molecule has 0 saturated heterocycles. The van der Waals surface area contributed by atoms with Crippen LogP contribution in [0, 0.1) is 0 Å². The van der Waals surface area contributed by atoms with Gasteiger partial charge in [0.1, 0.15) is 0 Å². The number of nitrogens with zero attached hydrogens (tertiary/aromatic N) is 1. The van der Waals surface area contributed by atoms with E-state index in [4.69, 9.17) is 0 Å². The Morgan fingerprint density at radius 3 is 2.72 bits per heavy atom. The molecule has 3 heteroatoms. The van der Waals surface area contributed by atoms with Crippen LogP contribution in [0.25, 0.3) is 5.57 Å². The second kappa shape index (κ2) is 5.65. The van der Waals surface area contributed by atoms with Gasteiger partial charge in [-0.25, -0.2) is 4.98 Å². The van der Waals surface area contributed by atoms with Crippen molar-refractivity contribution in [3.8, 4) is 0 Å². The Kier molecular flexibility index (Phi) is 3.95. The third-order valence-corrected chi connectivity index (χ3v) is 3.74. The number of anilines is 1. The molecular formula is C15H16N2S. The quantitative estimate of drug-likeness (QED) is 0.819. The fraction of sp³-hybridized carbons (Fsp3) is 0.133. The smallest absolute Gasteiger partial charge is 0.183 e. The van der Waals surface area contributed by atoms with Crippen LogP contribution in [0.15, 0.2) is 49.6 Å². The van der Waals surface area contributed by atoms with Crippen molar-refractivity contribution in [1.82, 2.24) is 4.98 Å². The van der Waals surface area contributed by atoms with Crippen LogP contribution in [0.5, 0.6) is 0 Å². The van der Waals surface area contributed by atoms with Gasteiger partial charge in [0.05, 0.1) is 5.69 Å². The van der Waals surface area contributed by atoms with E-state index in [1.165, 1.54) is 10.4 Å². The zero-order chi connectivity index (χ0) is 13.0. The van der Waals surface area contributed by atoms with E-state index < -0.39 is 0 Å². The average molecular weight is 256 g/mol. The zero-order valence-electron chi connectivity index (χ0n) is 10.4. The van der Waals surface area contributed by atoms with Crippen LogP contribution in [-0.4, -0.2) is 12.0 Å². The summed E-state index contributed by atoms with van der Waals surface area (Å²) in [6, 6.07) is 10.4. The van der Waals surface area contributed by atoms with Crippen molar-refractivity contribution in [2.75, 3.05) is 12.4 Å². The molecule has 2 rings (SSSR count). The molecule has 0 unspecified atom stereocenters. The first-order valence-electron chi connectivity index (χ1n) is 5.77. The Labute approximate surface area is 112 Å². The van der Waals surface area contributed by atoms with Gasteiger partial charge in [0.25, 0.3) is 0 Å². The maximum Gasteiger partial charge on any atom is 0.183 e. The van der Waals surface area contributed by atoms with Crippen molar-refractivity contribution in [2.45, 2.75) is 6.42 Å². The molecule has 2 aromatic rings. The molecule has 0 bridgehead atoms. The molecule has 0 aliphatic rings. The van der Waals surface area contributed by atoms with Gasteiger partial charge in [-0.15, -0.1) is 11.3 Å². The molecule has 0 aliphatic carbocycles. The molecule has 0 radical (unpaired) electrons. The summed E-state index contributed by atoms with van der Waals surface area (Å²) in [5.74, 6) is 0. The van der Waals surface area contributed by atoms with E-state index in [0.29, 0.717) is 0 Å². The maximum absolute atomic E-state index is 4.53. The highest BCUT2D eigenvalue weighted by molar-refractivity contribution is 7.15. The lowest BCUT2D eigenvalue weighted by Crippen LogP contribution is -1.91. The van der Waals surface area contributed by atoms with Gasteiger partial charge in [0.15, 0.2) is 5.13 Å². The molecule has 0 aliphatic heterocycles. The highest BCUT2D eigenvalue weighted by Gasteiger charge is 2.12. The molecule has 1 N–H and O–H groups in total. The molecule has 1 aromatic carbocycles. The van der Waals surface area contributed by atoms with Gasteiger partial charge >= 0.3 is 0 Å². The van der Waals surface area contributed by atoms with E-state index in [9.17, 15) is 0 Å². The first kappa shape index (κ1) is 12.6. The fourth-order valence-electron chi connectivity index (χ4n) is 1.71. The molecule has 0 spiro atoms. The van der Waals surface area contributed by atoms with Crippen LogP contribution in [0.1, 0.15) is 16.1 Å². The Morgan fingerprint density at radius 1 is 1.39 bits per heavy atom. The summed E-state index contributed by atoms with van der Waals surface area (Å²) < 4.78 is 0. The van der Waals surface area contributed by atoms with Gasteiger partial charge in [-0.1, -0.05) is 49.6 Å². The van der Waals surface area contributed by atoms with Gasteiger partial charge in [-0.3, -0.25) is 0 Å². The lowest BCUT2D eigenvalue weighted by atomic mass is 10.1. The van der Waals surface area contributed by atoms with Crippen LogP contribution < -0.4 is 5.32 Å². The Hall–Kier alpha value is -1.87. The largest absolute Gasteiger partial charge is 0.365 e. The van der Waals surface area contributed by atoms with Gasteiger partial charge < -0.3 is 5.32 Å². The van der Waals surface area contributed by atoms with Gasteiger partial charge in [0, 0.05) is 18.3 Å². The minimum absolute atomic E-state index is 0.874. The monoisotopic (exact) mass is 256 g/mol. The van der Waals surface area contributed by atoms with E-state index in [0.717, 1.165) is 22.8 Å². The normalized spacial score (nSPS) is 10.1. The van der Waals surface area contributed by atoms with Gasteiger partial charge in [-0.05, 0) is 11.1 Å². The van der Waals surface area contributed by atoms with Crippen LogP contribution in [0.4, 0.5) is 5.13 Å². The SMILES string of the molecule is C=CC(=C)c1nc(NC)sc1Cc1ccccc1. The maximum atomic E-state index is 4.53. The topological polar surface area (TPSA) is 24.9 Å². The molecule has 0 amide bonds. The van der Waals surface area contributed by atoms with Crippen LogP contribution in [0.2, 0.25) is 0 Å². The number of benzene rings is 1. The second-order valence-corrected chi connectivity index (χ2v) is 5.02. The predicted molar refractivity (Wildman–Crippen MR) is 80.1 cm³/mol. The standard InChI is InChI=1S/C15H16N2S/c1-4-11(2)14-13(18-15(16-3)17-14)10-12-8-6-5-7-9-12/h4-9H,1-2,10H2,3H3,(H,16,17). The molecular weight excluding hydrogens is 240 g/mol. The van der Waals surface area contributed by atoms with E-state index in [-0.39, 0.29) is 0 Å². The molecule has 0 saturated carbocycles. The fourth-order valence-corrected chi connectivity index (χ4v) is 2.69. The number of hydrogen-bond acceptors (Lipinski definition) is 3. The number of rotatable bonds is 5. The van der Waals surface area contributed by atoms with Crippen molar-refractivity contribution >= 4 is 22.0 Å². The molecule has 1 aromatic heterocycles. The molecule has 1 heterocycles. The number of hydrogen-bond donors (Lipinski definition) is 1. The minimum atomic E-state index is 0.874. The summed E-state index contributed by atoms with van der Waals surface area (Å²) >= 11 is 1.67. The van der Waals surface area contributed by atoms with Crippen molar-refractivity contribution in [3.05, 3.63) is 65.7 Å². The molecule has 0 atom stereocenters. The van der Waals surface area contributed by atoms with E-state index in [1.54, 1.807) is 17.4 Å². The number of nitrogens with one attached hydrogen (secondary N) is 1. The third-order valence-electron chi connectivity index (χ3n) is 2.67. The molecule has 2 nitrogen and oxygen atoms in total. The highest BCUT2D eigenvalue weighted by Crippen LogP contribution is 2.29. The van der Waals surface area contributed by atoms with E-state index >= 15 is 0 Å². The molecule has 92 valence electrons. The summed E-state index contributed by atoms with van der Waals surface area (Å²) in [4.78, 5) is 5.75. The third kappa shape index (κ3) is 2.68. The van der Waals surface area contributed by atoms with Gasteiger partial charge in [0.2, 0.25) is 0 Å². The van der Waals surface area contributed by atoms with Crippen molar-refractivity contribution in [3.63, 3.8) is 0 Å². The Balaban J connectivity index is 2.34. The lowest BCUT2D eigenvalue weighted by Gasteiger charge is -2.01. The lowest BCUT2D eigenvalue weighted by molar-refractivity contribution is 1.19. The summed E-state index contributed by atoms with van der Waals surface area (Å²) in [6.07, 6.45) is 2.63. The van der Waals surface area contributed by atoms with Crippen LogP contribution in [0.3, 0.4) is 0 Å². The minimum Gasteiger partial charge on any atom is -0.365 e. The predicted octanol–water partition coefficient (Wildman–Crippen LogP) is 3.97. The van der Waals surface area contributed by atoms with Gasteiger partial charge in [-0.2, -0.15) is 0 Å². The summed E-state index contributed by atoms with van der Waals surface area (Å²) in [5, 5.41) is 4.00. The summed E-state index contributed by atoms with van der Waals surface area (Å²) in [6.45, 7) is 7.76. The number of aromatic nitrogens is 1. The molecule has 0 fully saturated rings. The first-order valence-corrected chi connectivity index (χ1v) is 6.59. The first-order chi connectivity index (χ1) is 8.74. The Bertz CT molecular complexity index is 555. The molecule has 18 heavy (non-hydrogen) atoms.